The number of anilines is 1. The Morgan fingerprint density at radius 3 is 2.94 bits per heavy atom. The average Bonchev–Trinajstić information content (AvgIpc) is 2.67. The quantitative estimate of drug-likeness (QED) is 0.688. The minimum absolute atomic E-state index is 0.0817. The molecule has 0 radical (unpaired) electrons. The van der Waals surface area contributed by atoms with E-state index >= 15 is 0 Å². The van der Waals surface area contributed by atoms with E-state index in [4.69, 9.17) is 4.74 Å². The molecule has 1 N–H and O–H groups in total. The molecule has 1 aromatic rings. The van der Waals surface area contributed by atoms with Gasteiger partial charge in [0.25, 0.3) is 5.69 Å². The van der Waals surface area contributed by atoms with Crippen LogP contribution in [0.25, 0.3) is 0 Å². The predicted molar refractivity (Wildman–Crippen MR) is 68.2 cm³/mol. The van der Waals surface area contributed by atoms with Crippen LogP contribution in [-0.4, -0.2) is 23.7 Å². The fourth-order valence-corrected chi connectivity index (χ4v) is 2.25. The van der Waals surface area contributed by atoms with Crippen molar-refractivity contribution in [3.63, 3.8) is 0 Å². The van der Waals surface area contributed by atoms with E-state index in [9.17, 15) is 10.1 Å². The number of benzene rings is 1. The molecule has 0 amide bonds. The molecular formula is C11H13BrN2O3. The van der Waals surface area contributed by atoms with Crippen LogP contribution in [0, 0.1) is 10.1 Å². The minimum atomic E-state index is -0.381. The standard InChI is InChI=1S/C11H13BrN2O3/c1-7-9(4-5-17-7)13-10-3-2-8(12)6-11(10)14(15)16/h2-3,6-7,9,13H,4-5H2,1H3. The average molecular weight is 301 g/mol. The van der Waals surface area contributed by atoms with Gasteiger partial charge in [-0.25, -0.2) is 0 Å². The van der Waals surface area contributed by atoms with E-state index < -0.39 is 0 Å². The van der Waals surface area contributed by atoms with Crippen LogP contribution in [0.5, 0.6) is 0 Å². The first-order valence-corrected chi connectivity index (χ1v) is 6.19. The lowest BCUT2D eigenvalue weighted by Gasteiger charge is -2.17. The highest BCUT2D eigenvalue weighted by molar-refractivity contribution is 9.10. The van der Waals surface area contributed by atoms with Crippen LogP contribution < -0.4 is 5.32 Å². The zero-order valence-electron chi connectivity index (χ0n) is 9.35. The van der Waals surface area contributed by atoms with Crippen LogP contribution in [0.15, 0.2) is 22.7 Å². The van der Waals surface area contributed by atoms with Crippen LogP contribution >= 0.6 is 15.9 Å². The van der Waals surface area contributed by atoms with Crippen molar-refractivity contribution < 1.29 is 9.66 Å². The number of nitro groups is 1. The summed E-state index contributed by atoms with van der Waals surface area (Å²) in [4.78, 5) is 10.6. The molecule has 1 aromatic carbocycles. The lowest BCUT2D eigenvalue weighted by Crippen LogP contribution is -2.26. The van der Waals surface area contributed by atoms with Crippen LogP contribution in [-0.2, 0) is 4.74 Å². The first kappa shape index (κ1) is 12.3. The third-order valence-electron chi connectivity index (χ3n) is 2.87. The van der Waals surface area contributed by atoms with Crippen molar-refractivity contribution in [1.82, 2.24) is 0 Å². The summed E-state index contributed by atoms with van der Waals surface area (Å²) in [6, 6.07) is 5.14. The molecule has 2 rings (SSSR count). The Labute approximate surface area is 107 Å². The van der Waals surface area contributed by atoms with Gasteiger partial charge in [0.15, 0.2) is 0 Å². The monoisotopic (exact) mass is 300 g/mol. The molecule has 17 heavy (non-hydrogen) atoms. The molecular weight excluding hydrogens is 288 g/mol. The predicted octanol–water partition coefficient (Wildman–Crippen LogP) is 2.95. The van der Waals surface area contributed by atoms with Gasteiger partial charge in [-0.15, -0.1) is 0 Å². The molecule has 1 fully saturated rings. The van der Waals surface area contributed by atoms with Gasteiger partial charge >= 0.3 is 0 Å². The van der Waals surface area contributed by atoms with Crippen LogP contribution in [0.3, 0.4) is 0 Å². The van der Waals surface area contributed by atoms with E-state index in [0.717, 1.165) is 6.42 Å². The highest BCUT2D eigenvalue weighted by Gasteiger charge is 2.26. The van der Waals surface area contributed by atoms with E-state index in [-0.39, 0.29) is 22.8 Å². The lowest BCUT2D eigenvalue weighted by atomic mass is 10.1. The second-order valence-electron chi connectivity index (χ2n) is 4.03. The number of hydrogen-bond acceptors (Lipinski definition) is 4. The summed E-state index contributed by atoms with van der Waals surface area (Å²) in [7, 11) is 0. The highest BCUT2D eigenvalue weighted by atomic mass is 79.9. The fourth-order valence-electron chi connectivity index (χ4n) is 1.90. The first-order valence-electron chi connectivity index (χ1n) is 5.40. The molecule has 0 aromatic heterocycles. The maximum Gasteiger partial charge on any atom is 0.293 e. The molecule has 1 aliphatic rings. The molecule has 2 unspecified atom stereocenters. The Morgan fingerprint density at radius 1 is 1.59 bits per heavy atom. The van der Waals surface area contributed by atoms with E-state index in [1.54, 1.807) is 12.1 Å². The second kappa shape index (κ2) is 5.01. The van der Waals surface area contributed by atoms with Gasteiger partial charge in [0, 0.05) is 17.1 Å². The van der Waals surface area contributed by atoms with Gasteiger partial charge < -0.3 is 10.1 Å². The summed E-state index contributed by atoms with van der Waals surface area (Å²) in [6.07, 6.45) is 0.951. The molecule has 6 heteroatoms. The fraction of sp³-hybridized carbons (Fsp3) is 0.455. The summed E-state index contributed by atoms with van der Waals surface area (Å²) < 4.78 is 6.12. The van der Waals surface area contributed by atoms with Crippen LogP contribution in [0.1, 0.15) is 13.3 Å². The highest BCUT2D eigenvalue weighted by Crippen LogP contribution is 2.30. The third kappa shape index (κ3) is 2.76. The third-order valence-corrected chi connectivity index (χ3v) is 3.37. The Morgan fingerprint density at radius 2 is 2.35 bits per heavy atom. The molecule has 0 aliphatic carbocycles. The van der Waals surface area contributed by atoms with Gasteiger partial charge in [0.1, 0.15) is 5.69 Å². The number of nitrogens with zero attached hydrogens (tertiary/aromatic N) is 1. The van der Waals surface area contributed by atoms with E-state index in [1.807, 2.05) is 6.92 Å². The van der Waals surface area contributed by atoms with Crippen molar-refractivity contribution >= 4 is 27.3 Å². The Balaban J connectivity index is 2.22. The second-order valence-corrected chi connectivity index (χ2v) is 4.95. The van der Waals surface area contributed by atoms with E-state index in [1.165, 1.54) is 6.07 Å². The normalized spacial score (nSPS) is 23.6. The maximum atomic E-state index is 10.9. The van der Waals surface area contributed by atoms with E-state index in [0.29, 0.717) is 16.8 Å². The van der Waals surface area contributed by atoms with Crippen LogP contribution in [0.2, 0.25) is 0 Å². The van der Waals surface area contributed by atoms with E-state index in [2.05, 4.69) is 21.2 Å². The maximum absolute atomic E-state index is 10.9. The molecule has 0 saturated carbocycles. The first-order chi connectivity index (χ1) is 8.08. The molecule has 0 spiro atoms. The van der Waals surface area contributed by atoms with Crippen molar-refractivity contribution in [3.8, 4) is 0 Å². The van der Waals surface area contributed by atoms with Crippen molar-refractivity contribution in [2.75, 3.05) is 11.9 Å². The SMILES string of the molecule is CC1OCCC1Nc1ccc(Br)cc1[N+](=O)[O-]. The molecule has 0 bridgehead atoms. The number of ether oxygens (including phenoxy) is 1. The van der Waals surface area contributed by atoms with Crippen LogP contribution in [0.4, 0.5) is 11.4 Å². The number of rotatable bonds is 3. The number of nitro benzene ring substituents is 1. The summed E-state index contributed by atoms with van der Waals surface area (Å²) in [6.45, 7) is 2.67. The molecule has 1 aliphatic heterocycles. The topological polar surface area (TPSA) is 64.4 Å². The Hall–Kier alpha value is -1.14. The number of nitrogens with one attached hydrogen (secondary N) is 1. The number of halogens is 1. The minimum Gasteiger partial charge on any atom is -0.376 e. The number of hydrogen-bond donors (Lipinski definition) is 1. The van der Waals surface area contributed by atoms with Gasteiger partial charge in [0.05, 0.1) is 17.1 Å². The lowest BCUT2D eigenvalue weighted by molar-refractivity contribution is -0.384. The van der Waals surface area contributed by atoms with Crippen molar-refractivity contribution in [2.45, 2.75) is 25.5 Å². The molecule has 2 atom stereocenters. The zero-order valence-corrected chi connectivity index (χ0v) is 10.9. The summed E-state index contributed by atoms with van der Waals surface area (Å²) in [5, 5.41) is 14.1. The van der Waals surface area contributed by atoms with Gasteiger partial charge in [-0.1, -0.05) is 15.9 Å². The molecule has 92 valence electrons. The molecule has 1 saturated heterocycles. The van der Waals surface area contributed by atoms with Gasteiger partial charge in [-0.2, -0.15) is 0 Å². The van der Waals surface area contributed by atoms with Gasteiger partial charge in [-0.3, -0.25) is 10.1 Å². The summed E-state index contributed by atoms with van der Waals surface area (Å²) in [5.74, 6) is 0. The van der Waals surface area contributed by atoms with Crippen molar-refractivity contribution in [3.05, 3.63) is 32.8 Å². The smallest absolute Gasteiger partial charge is 0.293 e. The van der Waals surface area contributed by atoms with Gasteiger partial charge in [-0.05, 0) is 25.5 Å². The van der Waals surface area contributed by atoms with Crippen molar-refractivity contribution in [1.29, 1.82) is 0 Å². The summed E-state index contributed by atoms with van der Waals surface area (Å²) >= 11 is 3.23. The van der Waals surface area contributed by atoms with Crippen molar-refractivity contribution in [2.24, 2.45) is 0 Å². The molecule has 1 heterocycles. The molecule has 5 nitrogen and oxygen atoms in total. The van der Waals surface area contributed by atoms with Gasteiger partial charge in [0.2, 0.25) is 0 Å². The Bertz CT molecular complexity index is 439. The largest absolute Gasteiger partial charge is 0.376 e. The summed E-state index contributed by atoms with van der Waals surface area (Å²) in [5.41, 5.74) is 0.624. The Kier molecular flexibility index (Phi) is 3.63. The zero-order chi connectivity index (χ0) is 12.4.